The maximum Gasteiger partial charge on any atom is 0.308 e. The van der Waals surface area contributed by atoms with Crippen LogP contribution in [0.1, 0.15) is 35.3 Å². The lowest BCUT2D eigenvalue weighted by Gasteiger charge is -2.16. The van der Waals surface area contributed by atoms with E-state index in [1.54, 1.807) is 25.3 Å². The fraction of sp³-hybridized carbons (Fsp3) is 0.353. The standard InChI is InChI=1S/C17H18FN3O3/c1-10-9-21(12-7-5-11(18)6-8-12)20-15(10)16(22)19-14-4-2-3-13(14)17(23)24/h5-9,13-14H,2-4H2,1H3,(H,19,22)(H,23,24)/t13-,14+/m0/s1. The third kappa shape index (κ3) is 3.15. The van der Waals surface area contributed by atoms with Crippen LogP contribution in [-0.2, 0) is 4.79 Å². The zero-order valence-corrected chi connectivity index (χ0v) is 13.2. The number of hydrogen-bond donors (Lipinski definition) is 2. The Morgan fingerprint density at radius 2 is 2.00 bits per heavy atom. The van der Waals surface area contributed by atoms with Gasteiger partial charge in [-0.15, -0.1) is 0 Å². The van der Waals surface area contributed by atoms with Crippen LogP contribution in [0.5, 0.6) is 0 Å². The molecular formula is C17H18FN3O3. The Kier molecular flexibility index (Phi) is 4.33. The number of nitrogens with one attached hydrogen (secondary N) is 1. The number of aromatic nitrogens is 2. The molecule has 3 rings (SSSR count). The number of aryl methyl sites for hydroxylation is 1. The minimum absolute atomic E-state index is 0.246. The van der Waals surface area contributed by atoms with Gasteiger partial charge in [0, 0.05) is 17.8 Å². The molecule has 1 saturated carbocycles. The maximum atomic E-state index is 13.0. The van der Waals surface area contributed by atoms with Gasteiger partial charge in [-0.05, 0) is 44.0 Å². The first-order valence-electron chi connectivity index (χ1n) is 7.81. The van der Waals surface area contributed by atoms with Crippen LogP contribution in [0, 0.1) is 18.7 Å². The van der Waals surface area contributed by atoms with Gasteiger partial charge in [0.1, 0.15) is 5.82 Å². The van der Waals surface area contributed by atoms with Crippen LogP contribution < -0.4 is 5.32 Å². The van der Waals surface area contributed by atoms with E-state index in [1.807, 2.05) is 0 Å². The number of amides is 1. The molecule has 1 aliphatic rings. The van der Waals surface area contributed by atoms with E-state index in [0.29, 0.717) is 24.1 Å². The van der Waals surface area contributed by atoms with Crippen molar-refractivity contribution in [2.75, 3.05) is 0 Å². The average Bonchev–Trinajstić information content (AvgIpc) is 3.14. The van der Waals surface area contributed by atoms with Gasteiger partial charge in [-0.2, -0.15) is 5.10 Å². The Labute approximate surface area is 138 Å². The fourth-order valence-corrected chi connectivity index (χ4v) is 3.08. The number of aliphatic carboxylic acids is 1. The average molecular weight is 331 g/mol. The molecule has 24 heavy (non-hydrogen) atoms. The second kappa shape index (κ2) is 6.43. The second-order valence-corrected chi connectivity index (χ2v) is 6.04. The number of carbonyl (C=O) groups is 2. The molecule has 126 valence electrons. The molecule has 2 atom stereocenters. The van der Waals surface area contributed by atoms with Gasteiger partial charge >= 0.3 is 5.97 Å². The number of rotatable bonds is 4. The number of nitrogens with zero attached hydrogens (tertiary/aromatic N) is 2. The molecule has 1 aromatic carbocycles. The molecule has 2 aromatic rings. The van der Waals surface area contributed by atoms with Crippen molar-refractivity contribution in [1.29, 1.82) is 0 Å². The summed E-state index contributed by atoms with van der Waals surface area (Å²) in [5.41, 5.74) is 1.56. The van der Waals surface area contributed by atoms with Crippen molar-refractivity contribution < 1.29 is 19.1 Å². The first-order valence-corrected chi connectivity index (χ1v) is 7.81. The summed E-state index contributed by atoms with van der Waals surface area (Å²) < 4.78 is 14.5. The first kappa shape index (κ1) is 16.2. The van der Waals surface area contributed by atoms with E-state index in [2.05, 4.69) is 10.4 Å². The van der Waals surface area contributed by atoms with Crippen molar-refractivity contribution in [3.8, 4) is 5.69 Å². The molecule has 0 saturated heterocycles. The molecular weight excluding hydrogens is 313 g/mol. The monoisotopic (exact) mass is 331 g/mol. The molecule has 1 fully saturated rings. The van der Waals surface area contributed by atoms with Gasteiger partial charge in [0.05, 0.1) is 11.6 Å². The van der Waals surface area contributed by atoms with Crippen molar-refractivity contribution >= 4 is 11.9 Å². The number of carboxylic acid groups (broad SMARTS) is 1. The Morgan fingerprint density at radius 3 is 2.67 bits per heavy atom. The minimum atomic E-state index is -0.883. The molecule has 6 nitrogen and oxygen atoms in total. The summed E-state index contributed by atoms with van der Waals surface area (Å²) in [5, 5.41) is 16.2. The molecule has 2 N–H and O–H groups in total. The largest absolute Gasteiger partial charge is 0.481 e. The van der Waals surface area contributed by atoms with Crippen LogP contribution in [0.2, 0.25) is 0 Å². The number of carboxylic acids is 1. The highest BCUT2D eigenvalue weighted by molar-refractivity contribution is 5.94. The molecule has 1 amide bonds. The summed E-state index contributed by atoms with van der Waals surface area (Å²) in [4.78, 5) is 23.7. The zero-order chi connectivity index (χ0) is 17.3. The molecule has 0 spiro atoms. The van der Waals surface area contributed by atoms with E-state index in [9.17, 15) is 19.1 Å². The number of benzene rings is 1. The Hall–Kier alpha value is -2.70. The van der Waals surface area contributed by atoms with Crippen molar-refractivity contribution in [1.82, 2.24) is 15.1 Å². The summed E-state index contributed by atoms with van der Waals surface area (Å²) >= 11 is 0. The SMILES string of the molecule is Cc1cn(-c2ccc(F)cc2)nc1C(=O)N[C@@H]1CCC[C@@H]1C(=O)O. The third-order valence-electron chi connectivity index (χ3n) is 4.35. The summed E-state index contributed by atoms with van der Waals surface area (Å²) in [5.74, 6) is -2.16. The molecule has 1 aliphatic carbocycles. The minimum Gasteiger partial charge on any atom is -0.481 e. The van der Waals surface area contributed by atoms with Crippen molar-refractivity contribution in [3.63, 3.8) is 0 Å². The summed E-state index contributed by atoms with van der Waals surface area (Å²) in [7, 11) is 0. The third-order valence-corrected chi connectivity index (χ3v) is 4.35. The summed E-state index contributed by atoms with van der Waals surface area (Å²) in [6.07, 6.45) is 3.69. The van der Waals surface area contributed by atoms with Crippen LogP contribution in [0.4, 0.5) is 4.39 Å². The predicted molar refractivity (Wildman–Crippen MR) is 84.5 cm³/mol. The van der Waals surface area contributed by atoms with Gasteiger partial charge in [-0.1, -0.05) is 6.42 Å². The molecule has 1 aromatic heterocycles. The summed E-state index contributed by atoms with van der Waals surface area (Å²) in [6.45, 7) is 1.76. The van der Waals surface area contributed by atoms with Gasteiger partial charge in [0.2, 0.25) is 0 Å². The molecule has 0 aliphatic heterocycles. The van der Waals surface area contributed by atoms with E-state index in [1.165, 1.54) is 16.8 Å². The topological polar surface area (TPSA) is 84.2 Å². The molecule has 0 bridgehead atoms. The Bertz CT molecular complexity index is 770. The number of halogens is 1. The van der Waals surface area contributed by atoms with Gasteiger partial charge < -0.3 is 10.4 Å². The highest BCUT2D eigenvalue weighted by atomic mass is 19.1. The second-order valence-electron chi connectivity index (χ2n) is 6.04. The predicted octanol–water partition coefficient (Wildman–Crippen LogP) is 2.30. The van der Waals surface area contributed by atoms with Crippen LogP contribution in [-0.4, -0.2) is 32.8 Å². The molecule has 0 radical (unpaired) electrons. The lowest BCUT2D eigenvalue weighted by atomic mass is 10.0. The van der Waals surface area contributed by atoms with Gasteiger partial charge in [0.25, 0.3) is 5.91 Å². The normalized spacial score (nSPS) is 20.1. The van der Waals surface area contributed by atoms with Crippen LogP contribution in [0.25, 0.3) is 5.69 Å². The van der Waals surface area contributed by atoms with Crippen LogP contribution in [0.3, 0.4) is 0 Å². The quantitative estimate of drug-likeness (QED) is 0.900. The van der Waals surface area contributed by atoms with E-state index < -0.39 is 11.9 Å². The first-order chi connectivity index (χ1) is 11.5. The molecule has 7 heteroatoms. The highest BCUT2D eigenvalue weighted by Crippen LogP contribution is 2.26. The smallest absolute Gasteiger partial charge is 0.308 e. The van der Waals surface area contributed by atoms with Crippen molar-refractivity contribution in [2.45, 2.75) is 32.2 Å². The lowest BCUT2D eigenvalue weighted by Crippen LogP contribution is -2.40. The van der Waals surface area contributed by atoms with E-state index >= 15 is 0 Å². The Balaban J connectivity index is 1.78. The number of carbonyl (C=O) groups excluding carboxylic acids is 1. The van der Waals surface area contributed by atoms with E-state index in [0.717, 1.165) is 6.42 Å². The highest BCUT2D eigenvalue weighted by Gasteiger charge is 2.34. The van der Waals surface area contributed by atoms with E-state index in [4.69, 9.17) is 0 Å². The zero-order valence-electron chi connectivity index (χ0n) is 13.2. The lowest BCUT2D eigenvalue weighted by molar-refractivity contribution is -0.142. The fourth-order valence-electron chi connectivity index (χ4n) is 3.08. The van der Waals surface area contributed by atoms with Crippen molar-refractivity contribution in [3.05, 3.63) is 47.5 Å². The molecule has 0 unspecified atom stereocenters. The van der Waals surface area contributed by atoms with Crippen LogP contribution in [0.15, 0.2) is 30.5 Å². The van der Waals surface area contributed by atoms with Crippen molar-refractivity contribution in [2.24, 2.45) is 5.92 Å². The van der Waals surface area contributed by atoms with E-state index in [-0.39, 0.29) is 23.5 Å². The van der Waals surface area contributed by atoms with Gasteiger partial charge in [0.15, 0.2) is 5.69 Å². The number of hydrogen-bond acceptors (Lipinski definition) is 3. The maximum absolute atomic E-state index is 13.0. The molecule has 1 heterocycles. The van der Waals surface area contributed by atoms with Crippen LogP contribution >= 0.6 is 0 Å². The Morgan fingerprint density at radius 1 is 1.29 bits per heavy atom. The van der Waals surface area contributed by atoms with Gasteiger partial charge in [-0.25, -0.2) is 9.07 Å². The summed E-state index contributed by atoms with van der Waals surface area (Å²) in [6, 6.07) is 5.41. The van der Waals surface area contributed by atoms with Gasteiger partial charge in [-0.3, -0.25) is 9.59 Å².